The number of rotatable bonds is 3. The molecular weight excluding hydrogens is 262 g/mol. The minimum absolute atomic E-state index is 0.535. The molecule has 1 fully saturated rings. The second-order valence-electron chi connectivity index (χ2n) is 5.45. The van der Waals surface area contributed by atoms with Gasteiger partial charge in [0.1, 0.15) is 5.82 Å². The molecule has 0 radical (unpaired) electrons. The van der Waals surface area contributed by atoms with Gasteiger partial charge in [-0.2, -0.15) is 0 Å². The number of hydrogen-bond acceptors (Lipinski definition) is 5. The van der Waals surface area contributed by atoms with Crippen LogP contribution in [-0.4, -0.2) is 34.1 Å². The van der Waals surface area contributed by atoms with Crippen LogP contribution in [0.5, 0.6) is 0 Å². The van der Waals surface area contributed by atoms with Crippen molar-refractivity contribution >= 4 is 27.5 Å². The summed E-state index contributed by atoms with van der Waals surface area (Å²) in [6.45, 7) is 2.02. The smallest absolute Gasteiger partial charge is 0.134 e. The first-order chi connectivity index (χ1) is 10.4. The quantitative estimate of drug-likeness (QED) is 0.721. The summed E-state index contributed by atoms with van der Waals surface area (Å²) in [5.74, 6) is 0.918. The highest BCUT2D eigenvalue weighted by Gasteiger charge is 2.15. The van der Waals surface area contributed by atoms with Crippen molar-refractivity contribution in [2.75, 3.05) is 18.4 Å². The van der Waals surface area contributed by atoms with E-state index in [1.54, 1.807) is 12.4 Å². The molecule has 1 unspecified atom stereocenters. The Morgan fingerprint density at radius 3 is 2.81 bits per heavy atom. The fourth-order valence-electron chi connectivity index (χ4n) is 2.98. The molecule has 4 heterocycles. The van der Waals surface area contributed by atoms with Gasteiger partial charge in [0.15, 0.2) is 0 Å². The van der Waals surface area contributed by atoms with Crippen molar-refractivity contribution in [1.82, 2.24) is 20.3 Å². The molecule has 0 amide bonds. The van der Waals surface area contributed by atoms with Gasteiger partial charge in [0, 0.05) is 47.3 Å². The molecule has 0 spiro atoms. The predicted molar refractivity (Wildman–Crippen MR) is 84.4 cm³/mol. The molecule has 1 aliphatic rings. The van der Waals surface area contributed by atoms with E-state index in [2.05, 4.69) is 20.6 Å². The number of pyridine rings is 3. The van der Waals surface area contributed by atoms with Crippen LogP contribution < -0.4 is 10.6 Å². The lowest BCUT2D eigenvalue weighted by Gasteiger charge is -2.14. The number of fused-ring (bicyclic) bond motifs is 3. The number of nitrogens with zero attached hydrogens (tertiary/aromatic N) is 3. The first-order valence-electron chi connectivity index (χ1n) is 7.36. The molecule has 1 aliphatic heterocycles. The Bertz CT molecular complexity index is 780. The maximum atomic E-state index is 4.74. The van der Waals surface area contributed by atoms with Gasteiger partial charge < -0.3 is 10.6 Å². The molecule has 2 N–H and O–H groups in total. The van der Waals surface area contributed by atoms with E-state index < -0.39 is 0 Å². The Labute approximate surface area is 122 Å². The van der Waals surface area contributed by atoms with Crippen molar-refractivity contribution in [3.8, 4) is 0 Å². The molecule has 1 atom stereocenters. The lowest BCUT2D eigenvalue weighted by atomic mass is 10.1. The highest BCUT2D eigenvalue weighted by Crippen LogP contribution is 2.28. The van der Waals surface area contributed by atoms with Crippen LogP contribution in [0.4, 0.5) is 5.82 Å². The van der Waals surface area contributed by atoms with Crippen LogP contribution >= 0.6 is 0 Å². The maximum Gasteiger partial charge on any atom is 0.134 e. The third-order valence-electron chi connectivity index (χ3n) is 4.08. The number of hydrogen-bond donors (Lipinski definition) is 2. The number of nitrogens with one attached hydrogen (secondary N) is 2. The molecule has 0 aliphatic carbocycles. The first kappa shape index (κ1) is 12.5. The van der Waals surface area contributed by atoms with E-state index in [-0.39, 0.29) is 0 Å². The third-order valence-corrected chi connectivity index (χ3v) is 4.08. The van der Waals surface area contributed by atoms with Gasteiger partial charge in [-0.1, -0.05) is 0 Å². The number of aromatic nitrogens is 3. The van der Waals surface area contributed by atoms with E-state index in [9.17, 15) is 0 Å². The van der Waals surface area contributed by atoms with Gasteiger partial charge >= 0.3 is 0 Å². The summed E-state index contributed by atoms with van der Waals surface area (Å²) in [6.07, 6.45) is 9.80. The molecule has 5 nitrogen and oxygen atoms in total. The van der Waals surface area contributed by atoms with Gasteiger partial charge in [-0.05, 0) is 31.5 Å². The first-order valence-corrected chi connectivity index (χ1v) is 7.36. The predicted octanol–water partition coefficient (Wildman–Crippen LogP) is 2.34. The average Bonchev–Trinajstić information content (AvgIpc) is 3.06. The zero-order valence-electron chi connectivity index (χ0n) is 11.7. The van der Waals surface area contributed by atoms with E-state index in [0.29, 0.717) is 6.04 Å². The highest BCUT2D eigenvalue weighted by molar-refractivity contribution is 6.09. The van der Waals surface area contributed by atoms with E-state index in [0.717, 1.165) is 40.6 Å². The van der Waals surface area contributed by atoms with Crippen molar-refractivity contribution in [3.63, 3.8) is 0 Å². The van der Waals surface area contributed by atoms with Crippen molar-refractivity contribution in [2.45, 2.75) is 18.9 Å². The summed E-state index contributed by atoms with van der Waals surface area (Å²) in [7, 11) is 0. The van der Waals surface area contributed by atoms with Crippen molar-refractivity contribution < 1.29 is 0 Å². The standard InChI is InChI=1S/C16H17N5/c1-2-11(19-5-1)8-20-16-13-4-7-17-9-14(13)12-3-6-18-10-15(12)21-16/h3-4,6-7,9-11,19H,1-2,5,8H2,(H,20,21). The monoisotopic (exact) mass is 279 g/mol. The molecule has 0 aromatic carbocycles. The topological polar surface area (TPSA) is 62.7 Å². The molecule has 3 aromatic rings. The molecule has 21 heavy (non-hydrogen) atoms. The lowest BCUT2D eigenvalue weighted by Crippen LogP contribution is -2.29. The lowest BCUT2D eigenvalue weighted by molar-refractivity contribution is 0.633. The van der Waals surface area contributed by atoms with Gasteiger partial charge in [0.05, 0.1) is 11.7 Å². The highest BCUT2D eigenvalue weighted by atomic mass is 15.0. The molecule has 4 rings (SSSR count). The molecule has 5 heteroatoms. The van der Waals surface area contributed by atoms with Crippen LogP contribution in [0.15, 0.2) is 36.9 Å². The molecule has 0 bridgehead atoms. The van der Waals surface area contributed by atoms with Crippen LogP contribution in [0.3, 0.4) is 0 Å². The van der Waals surface area contributed by atoms with E-state index in [1.807, 2.05) is 24.5 Å². The van der Waals surface area contributed by atoms with Gasteiger partial charge in [0.2, 0.25) is 0 Å². The SMILES string of the molecule is c1cc2c(cn1)nc(NCC1CCCN1)c1ccncc12. The van der Waals surface area contributed by atoms with Crippen LogP contribution in [-0.2, 0) is 0 Å². The van der Waals surface area contributed by atoms with Crippen molar-refractivity contribution in [1.29, 1.82) is 0 Å². The second-order valence-corrected chi connectivity index (χ2v) is 5.45. The zero-order chi connectivity index (χ0) is 14.1. The molecule has 106 valence electrons. The van der Waals surface area contributed by atoms with Gasteiger partial charge in [-0.15, -0.1) is 0 Å². The zero-order valence-corrected chi connectivity index (χ0v) is 11.7. The Morgan fingerprint density at radius 1 is 1.10 bits per heavy atom. The molecular formula is C16H17N5. The van der Waals surface area contributed by atoms with Crippen molar-refractivity contribution in [3.05, 3.63) is 36.9 Å². The molecule has 0 saturated carbocycles. The summed E-state index contributed by atoms with van der Waals surface area (Å²) in [5, 5.41) is 10.3. The summed E-state index contributed by atoms with van der Waals surface area (Å²) in [4.78, 5) is 13.2. The molecule has 3 aromatic heterocycles. The van der Waals surface area contributed by atoms with Crippen LogP contribution in [0.2, 0.25) is 0 Å². The Hall–Kier alpha value is -2.27. The number of anilines is 1. The fourth-order valence-corrected chi connectivity index (χ4v) is 2.98. The van der Waals surface area contributed by atoms with Gasteiger partial charge in [-0.25, -0.2) is 4.98 Å². The summed E-state index contributed by atoms with van der Waals surface area (Å²) >= 11 is 0. The van der Waals surface area contributed by atoms with Crippen LogP contribution in [0, 0.1) is 0 Å². The normalized spacial score (nSPS) is 18.4. The minimum atomic E-state index is 0.535. The van der Waals surface area contributed by atoms with Crippen LogP contribution in [0.25, 0.3) is 21.7 Å². The van der Waals surface area contributed by atoms with E-state index in [4.69, 9.17) is 4.98 Å². The maximum absolute atomic E-state index is 4.74. The minimum Gasteiger partial charge on any atom is -0.368 e. The Kier molecular flexibility index (Phi) is 3.12. The fraction of sp³-hybridized carbons (Fsp3) is 0.312. The average molecular weight is 279 g/mol. The second kappa shape index (κ2) is 5.26. The van der Waals surface area contributed by atoms with Gasteiger partial charge in [-0.3, -0.25) is 9.97 Å². The van der Waals surface area contributed by atoms with E-state index >= 15 is 0 Å². The van der Waals surface area contributed by atoms with E-state index in [1.165, 1.54) is 12.8 Å². The van der Waals surface area contributed by atoms with Crippen LogP contribution in [0.1, 0.15) is 12.8 Å². The van der Waals surface area contributed by atoms with Gasteiger partial charge in [0.25, 0.3) is 0 Å². The Morgan fingerprint density at radius 2 is 1.95 bits per heavy atom. The van der Waals surface area contributed by atoms with Crippen molar-refractivity contribution in [2.24, 2.45) is 0 Å². The Balaban J connectivity index is 1.78. The summed E-state index contributed by atoms with van der Waals surface area (Å²) in [6, 6.07) is 4.55. The third kappa shape index (κ3) is 2.29. The largest absolute Gasteiger partial charge is 0.368 e. The molecule has 1 saturated heterocycles. The summed E-state index contributed by atoms with van der Waals surface area (Å²) < 4.78 is 0. The summed E-state index contributed by atoms with van der Waals surface area (Å²) in [5.41, 5.74) is 0.903.